The van der Waals surface area contributed by atoms with Crippen LogP contribution < -0.4 is 4.31 Å². The maximum Gasteiger partial charge on any atom is 0.416 e. The van der Waals surface area contributed by atoms with E-state index in [4.69, 9.17) is 0 Å². The maximum atomic E-state index is 13.6. The normalized spacial score (nSPS) is 17.2. The van der Waals surface area contributed by atoms with Crippen molar-refractivity contribution in [2.45, 2.75) is 49.6 Å². The van der Waals surface area contributed by atoms with Gasteiger partial charge in [-0.2, -0.15) is 18.3 Å². The predicted octanol–water partition coefficient (Wildman–Crippen LogP) is 5.55. The molecule has 35 heavy (non-hydrogen) atoms. The molecule has 0 bridgehead atoms. The van der Waals surface area contributed by atoms with Gasteiger partial charge in [0, 0.05) is 22.9 Å². The van der Waals surface area contributed by atoms with Crippen molar-refractivity contribution in [3.8, 4) is 11.4 Å². The number of alkyl halides is 3. The molecule has 10 heteroatoms. The number of aromatic amines is 2. The molecule has 0 radical (unpaired) electrons. The van der Waals surface area contributed by atoms with E-state index in [0.29, 0.717) is 5.69 Å². The predicted molar refractivity (Wildman–Crippen MR) is 127 cm³/mol. The van der Waals surface area contributed by atoms with Gasteiger partial charge in [0.2, 0.25) is 0 Å². The molecule has 0 amide bonds. The summed E-state index contributed by atoms with van der Waals surface area (Å²) in [5.74, 6) is 0. The molecule has 4 aromatic rings. The molecule has 1 aliphatic heterocycles. The Labute approximate surface area is 200 Å². The number of nitrogens with one attached hydrogen (secondary N) is 2. The number of nitrogens with zero attached hydrogens (tertiary/aromatic N) is 2. The van der Waals surface area contributed by atoms with Gasteiger partial charge in [-0.3, -0.25) is 9.40 Å². The Hall–Kier alpha value is -3.27. The first-order valence-electron chi connectivity index (χ1n) is 11.4. The molecule has 2 aliphatic rings. The first-order chi connectivity index (χ1) is 16.5. The van der Waals surface area contributed by atoms with Gasteiger partial charge >= 0.3 is 6.18 Å². The number of sulfonamides is 1. The molecule has 1 aliphatic carbocycles. The third kappa shape index (κ3) is 3.30. The van der Waals surface area contributed by atoms with E-state index in [1.165, 1.54) is 4.31 Å². The minimum Gasteiger partial charge on any atom is -0.353 e. The van der Waals surface area contributed by atoms with E-state index < -0.39 is 27.2 Å². The molecule has 6 rings (SSSR count). The van der Waals surface area contributed by atoms with E-state index in [-0.39, 0.29) is 11.4 Å². The number of anilines is 1. The average molecular weight is 501 g/mol. The fourth-order valence-corrected chi connectivity index (χ4v) is 7.00. The van der Waals surface area contributed by atoms with E-state index in [1.807, 2.05) is 32.2 Å². The Balaban J connectivity index is 1.50. The van der Waals surface area contributed by atoms with Crippen LogP contribution >= 0.6 is 0 Å². The van der Waals surface area contributed by atoms with Crippen LogP contribution in [0.3, 0.4) is 0 Å². The Morgan fingerprint density at radius 2 is 1.80 bits per heavy atom. The van der Waals surface area contributed by atoms with E-state index >= 15 is 0 Å². The minimum atomic E-state index is -4.53. The average Bonchev–Trinajstić information content (AvgIpc) is 3.44. The number of aryl methyl sites for hydroxylation is 2. The van der Waals surface area contributed by atoms with Crippen molar-refractivity contribution < 1.29 is 21.6 Å². The van der Waals surface area contributed by atoms with Gasteiger partial charge in [-0.05, 0) is 72.4 Å². The summed E-state index contributed by atoms with van der Waals surface area (Å²) < 4.78 is 67.6. The summed E-state index contributed by atoms with van der Waals surface area (Å²) in [7, 11) is -4.07. The number of H-pyrrole nitrogens is 2. The summed E-state index contributed by atoms with van der Waals surface area (Å²) in [4.78, 5) is 3.36. The van der Waals surface area contributed by atoms with Gasteiger partial charge in [0.25, 0.3) is 10.0 Å². The molecule has 182 valence electrons. The molecular formula is C25H23F3N4O2S. The molecule has 0 unspecified atom stereocenters. The fourth-order valence-electron chi connectivity index (χ4n) is 5.37. The molecule has 0 atom stereocenters. The van der Waals surface area contributed by atoms with Crippen LogP contribution in [0.25, 0.3) is 22.3 Å². The second-order valence-corrected chi connectivity index (χ2v) is 11.8. The molecule has 2 aromatic heterocycles. The van der Waals surface area contributed by atoms with Crippen LogP contribution in [0, 0.1) is 0 Å². The molecule has 6 nitrogen and oxygen atoms in total. The van der Waals surface area contributed by atoms with Gasteiger partial charge in [0.15, 0.2) is 0 Å². The summed E-state index contributed by atoms with van der Waals surface area (Å²) in [6, 6.07) is 7.61. The molecular weight excluding hydrogens is 477 g/mol. The molecule has 0 saturated heterocycles. The van der Waals surface area contributed by atoms with Crippen LogP contribution in [-0.4, -0.2) is 30.1 Å². The van der Waals surface area contributed by atoms with Crippen LogP contribution in [0.2, 0.25) is 0 Å². The molecule has 2 aromatic carbocycles. The minimum absolute atomic E-state index is 0.163. The maximum absolute atomic E-state index is 13.6. The first kappa shape index (κ1) is 22.2. The standard InChI is InChI=1S/C25H23F3N4O2S/c1-24(2)13-32(35(33,34)16-8-6-15(7-9-16)25(26,27)28)21-10-18-17-5-3-4-14-12-29-31-22(14)23(17)30-20(18)11-19(21)24/h6-12,30H,3-5,13H2,1-2H3,(H,29,31). The van der Waals surface area contributed by atoms with Crippen molar-refractivity contribution >= 4 is 26.6 Å². The Bertz CT molecular complexity index is 1580. The highest BCUT2D eigenvalue weighted by Crippen LogP contribution is 2.47. The molecule has 0 spiro atoms. The van der Waals surface area contributed by atoms with Gasteiger partial charge in [-0.1, -0.05) is 13.8 Å². The van der Waals surface area contributed by atoms with Crippen molar-refractivity contribution in [2.24, 2.45) is 0 Å². The zero-order chi connectivity index (χ0) is 24.8. The van der Waals surface area contributed by atoms with Gasteiger partial charge < -0.3 is 4.98 Å². The molecule has 2 N–H and O–H groups in total. The zero-order valence-corrected chi connectivity index (χ0v) is 19.9. The van der Waals surface area contributed by atoms with Crippen molar-refractivity contribution in [3.05, 3.63) is 64.8 Å². The Morgan fingerprint density at radius 1 is 1.06 bits per heavy atom. The lowest BCUT2D eigenvalue weighted by Gasteiger charge is -2.22. The number of fused-ring (bicyclic) bond motifs is 6. The number of rotatable bonds is 2. The lowest BCUT2D eigenvalue weighted by molar-refractivity contribution is -0.137. The zero-order valence-electron chi connectivity index (χ0n) is 19.1. The van der Waals surface area contributed by atoms with Crippen LogP contribution in [0.4, 0.5) is 18.9 Å². The first-order valence-corrected chi connectivity index (χ1v) is 12.8. The van der Waals surface area contributed by atoms with Crippen molar-refractivity contribution in [3.63, 3.8) is 0 Å². The summed E-state index contributed by atoms with van der Waals surface area (Å²) in [6.45, 7) is 4.15. The van der Waals surface area contributed by atoms with Crippen LogP contribution in [0.5, 0.6) is 0 Å². The summed E-state index contributed by atoms with van der Waals surface area (Å²) >= 11 is 0. The largest absolute Gasteiger partial charge is 0.416 e. The lowest BCUT2D eigenvalue weighted by Crippen LogP contribution is -2.34. The van der Waals surface area contributed by atoms with Crippen LogP contribution in [0.1, 0.15) is 42.5 Å². The number of benzene rings is 2. The fraction of sp³-hybridized carbons (Fsp3) is 0.320. The van der Waals surface area contributed by atoms with E-state index in [9.17, 15) is 21.6 Å². The SMILES string of the molecule is CC1(C)CN(S(=O)(=O)c2ccc(C(F)(F)F)cc2)c2cc3c4c([nH]c3cc21)-c1[nH]ncc1CCC4. The number of hydrogen-bond acceptors (Lipinski definition) is 3. The summed E-state index contributed by atoms with van der Waals surface area (Å²) in [5, 5.41) is 8.24. The van der Waals surface area contributed by atoms with Gasteiger partial charge in [-0.25, -0.2) is 8.42 Å². The van der Waals surface area contributed by atoms with Gasteiger partial charge in [0.1, 0.15) is 0 Å². The highest BCUT2D eigenvalue weighted by atomic mass is 32.2. The third-order valence-corrected chi connectivity index (χ3v) is 8.94. The van der Waals surface area contributed by atoms with Crippen LogP contribution in [0.15, 0.2) is 47.5 Å². The van der Waals surface area contributed by atoms with Crippen molar-refractivity contribution in [1.82, 2.24) is 15.2 Å². The van der Waals surface area contributed by atoms with Crippen molar-refractivity contribution in [2.75, 3.05) is 10.8 Å². The third-order valence-electron chi connectivity index (χ3n) is 7.17. The highest BCUT2D eigenvalue weighted by molar-refractivity contribution is 7.92. The van der Waals surface area contributed by atoms with Gasteiger partial charge in [0.05, 0.1) is 33.7 Å². The molecule has 0 saturated carbocycles. The lowest BCUT2D eigenvalue weighted by atomic mass is 9.86. The second-order valence-electron chi connectivity index (χ2n) is 9.93. The number of aromatic nitrogens is 3. The Kier molecular flexibility index (Phi) is 4.52. The number of halogens is 3. The van der Waals surface area contributed by atoms with Gasteiger partial charge in [-0.15, -0.1) is 0 Å². The molecule has 0 fully saturated rings. The van der Waals surface area contributed by atoms with Crippen molar-refractivity contribution in [1.29, 1.82) is 0 Å². The van der Waals surface area contributed by atoms with Crippen LogP contribution in [-0.2, 0) is 34.5 Å². The van der Waals surface area contributed by atoms with E-state index in [0.717, 1.165) is 82.5 Å². The topological polar surface area (TPSA) is 81.9 Å². The summed E-state index contributed by atoms with van der Waals surface area (Å²) in [5.41, 5.74) is 5.21. The Morgan fingerprint density at radius 3 is 2.51 bits per heavy atom. The number of hydrogen-bond donors (Lipinski definition) is 2. The quantitative estimate of drug-likeness (QED) is 0.379. The smallest absolute Gasteiger partial charge is 0.353 e. The second kappa shape index (κ2) is 7.13. The highest BCUT2D eigenvalue weighted by Gasteiger charge is 2.42. The molecule has 3 heterocycles. The monoisotopic (exact) mass is 500 g/mol. The summed E-state index contributed by atoms with van der Waals surface area (Å²) in [6.07, 6.45) is 0.00467. The van der Waals surface area contributed by atoms with E-state index in [1.54, 1.807) is 0 Å². The van der Waals surface area contributed by atoms with E-state index in [2.05, 4.69) is 15.2 Å².